The Hall–Kier alpha value is 0.394. The molecule has 0 atom stereocenters. The quantitative estimate of drug-likeness (QED) is 0.501. The van der Waals surface area contributed by atoms with Crippen LogP contribution in [0.4, 0.5) is 0 Å². The van der Waals surface area contributed by atoms with Crippen molar-refractivity contribution in [3.05, 3.63) is 0 Å². The summed E-state index contributed by atoms with van der Waals surface area (Å²) in [5.41, 5.74) is 0. The van der Waals surface area contributed by atoms with E-state index in [9.17, 15) is 0 Å². The maximum Gasteiger partial charge on any atom is 0.229 e. The summed E-state index contributed by atoms with van der Waals surface area (Å²) in [6.45, 7) is 0. The Labute approximate surface area is 55.7 Å². The lowest BCUT2D eigenvalue weighted by Gasteiger charge is -2.16. The molecule has 0 N–H and O–H groups in total. The van der Waals surface area contributed by atoms with E-state index in [0.717, 1.165) is 0 Å². The Kier molecular flexibility index (Phi) is 2.79. The summed E-state index contributed by atoms with van der Waals surface area (Å²) in [5.74, 6) is 0. The highest BCUT2D eigenvalue weighted by Gasteiger charge is 2.14. The molecule has 0 aromatic heterocycles. The molecule has 0 bridgehead atoms. The van der Waals surface area contributed by atoms with E-state index in [-0.39, 0.29) is 9.04 Å². The van der Waals surface area contributed by atoms with Gasteiger partial charge in [-0.25, -0.2) is 0 Å². The van der Waals surface area contributed by atoms with Gasteiger partial charge in [0.2, 0.25) is 10.5 Å². The third-order valence-electron chi connectivity index (χ3n) is 1.56. The van der Waals surface area contributed by atoms with Gasteiger partial charge in [0.1, 0.15) is 0 Å². The van der Waals surface area contributed by atoms with Crippen LogP contribution >= 0.6 is 0 Å². The molecule has 1 aliphatic heterocycles. The Bertz CT molecular complexity index is 61.4. The number of rotatable bonds is 1. The molecule has 1 fully saturated rings. The van der Waals surface area contributed by atoms with Crippen LogP contribution in [0, 0.1) is 0 Å². The van der Waals surface area contributed by atoms with Crippen LogP contribution in [0.3, 0.4) is 0 Å². The summed E-state index contributed by atoms with van der Waals surface area (Å²) in [5, 5.41) is 0. The summed E-state index contributed by atoms with van der Waals surface area (Å²) in [6.07, 6.45) is 4.20. The van der Waals surface area contributed by atoms with Crippen LogP contribution in [0.2, 0.25) is 12.1 Å². The molecular formula is C5H10OSi2. The molecule has 4 radical (unpaired) electrons. The Morgan fingerprint density at radius 3 is 2.12 bits per heavy atom. The van der Waals surface area contributed by atoms with Crippen LogP contribution < -0.4 is 0 Å². The number of hydrogen-bond acceptors (Lipinski definition) is 1. The van der Waals surface area contributed by atoms with Crippen molar-refractivity contribution in [2.75, 3.05) is 0 Å². The summed E-state index contributed by atoms with van der Waals surface area (Å²) in [6, 6.07) is 2.68. The van der Waals surface area contributed by atoms with Crippen molar-refractivity contribution in [1.82, 2.24) is 0 Å². The molecule has 1 rings (SSSR count). The molecule has 0 amide bonds. The zero-order chi connectivity index (χ0) is 5.82. The van der Waals surface area contributed by atoms with E-state index in [1.807, 2.05) is 0 Å². The molecule has 0 unspecified atom stereocenters. The van der Waals surface area contributed by atoms with Crippen molar-refractivity contribution >= 4 is 19.5 Å². The average Bonchev–Trinajstić information content (AvgIpc) is 1.90. The smallest absolute Gasteiger partial charge is 0.229 e. The van der Waals surface area contributed by atoms with Gasteiger partial charge < -0.3 is 4.12 Å². The third kappa shape index (κ3) is 1.72. The van der Waals surface area contributed by atoms with Gasteiger partial charge in [-0.3, -0.25) is 0 Å². The molecule has 8 heavy (non-hydrogen) atoms. The first-order chi connectivity index (χ1) is 3.93. The van der Waals surface area contributed by atoms with Crippen molar-refractivity contribution in [2.24, 2.45) is 0 Å². The van der Waals surface area contributed by atoms with Gasteiger partial charge in [0, 0.05) is 0 Å². The van der Waals surface area contributed by atoms with E-state index in [2.05, 4.69) is 10.5 Å². The molecule has 3 heteroatoms. The van der Waals surface area contributed by atoms with Crippen LogP contribution in [0.15, 0.2) is 0 Å². The first-order valence-electron chi connectivity index (χ1n) is 3.12. The molecule has 0 spiro atoms. The lowest BCUT2D eigenvalue weighted by Crippen LogP contribution is -2.18. The summed E-state index contributed by atoms with van der Waals surface area (Å²) >= 11 is 0. The molecule has 0 aliphatic carbocycles. The van der Waals surface area contributed by atoms with E-state index in [0.29, 0.717) is 0 Å². The fourth-order valence-electron chi connectivity index (χ4n) is 1.05. The highest BCUT2D eigenvalue weighted by Crippen LogP contribution is 2.18. The second kappa shape index (κ2) is 3.43. The van der Waals surface area contributed by atoms with Gasteiger partial charge in [0.25, 0.3) is 0 Å². The van der Waals surface area contributed by atoms with E-state index in [4.69, 9.17) is 4.12 Å². The average molecular weight is 142 g/mol. The lowest BCUT2D eigenvalue weighted by atomic mass is 10.3. The summed E-state index contributed by atoms with van der Waals surface area (Å²) in [7, 11) is 2.73. The molecule has 1 heterocycles. The van der Waals surface area contributed by atoms with Gasteiger partial charge >= 0.3 is 0 Å². The van der Waals surface area contributed by atoms with Crippen LogP contribution in [-0.4, -0.2) is 19.5 Å². The predicted octanol–water partition coefficient (Wildman–Crippen LogP) is 1.26. The Morgan fingerprint density at radius 1 is 1.12 bits per heavy atom. The maximum atomic E-state index is 5.10. The first kappa shape index (κ1) is 6.51. The van der Waals surface area contributed by atoms with Crippen molar-refractivity contribution in [2.45, 2.75) is 31.4 Å². The van der Waals surface area contributed by atoms with E-state index < -0.39 is 0 Å². The van der Waals surface area contributed by atoms with Crippen LogP contribution in [-0.2, 0) is 4.12 Å². The zero-order valence-electron chi connectivity index (χ0n) is 4.94. The van der Waals surface area contributed by atoms with E-state index >= 15 is 0 Å². The fraction of sp³-hybridized carbons (Fsp3) is 1.00. The number of hydrogen-bond donors (Lipinski definition) is 0. The maximum absolute atomic E-state index is 5.10. The van der Waals surface area contributed by atoms with Gasteiger partial charge in [-0.1, -0.05) is 19.3 Å². The van der Waals surface area contributed by atoms with Crippen LogP contribution in [0.5, 0.6) is 0 Å². The molecular weight excluding hydrogens is 132 g/mol. The topological polar surface area (TPSA) is 9.23 Å². The van der Waals surface area contributed by atoms with Gasteiger partial charge in [-0.15, -0.1) is 0 Å². The van der Waals surface area contributed by atoms with Crippen LogP contribution in [0.1, 0.15) is 19.3 Å². The molecule has 44 valence electrons. The normalized spacial score (nSPS) is 23.6. The second-order valence-corrected chi connectivity index (χ2v) is 5.10. The van der Waals surface area contributed by atoms with E-state index in [1.54, 1.807) is 0 Å². The molecule has 1 aliphatic rings. The molecule has 0 aromatic rings. The predicted molar refractivity (Wildman–Crippen MR) is 36.1 cm³/mol. The van der Waals surface area contributed by atoms with Crippen LogP contribution in [0.25, 0.3) is 0 Å². The van der Waals surface area contributed by atoms with Gasteiger partial charge in [-0.05, 0) is 12.1 Å². The fourth-order valence-corrected chi connectivity index (χ4v) is 3.40. The zero-order valence-corrected chi connectivity index (χ0v) is 6.94. The molecule has 0 saturated carbocycles. The van der Waals surface area contributed by atoms with Crippen molar-refractivity contribution in [3.63, 3.8) is 0 Å². The first-order valence-corrected chi connectivity index (χ1v) is 5.35. The summed E-state index contributed by atoms with van der Waals surface area (Å²) in [4.78, 5) is 0. The second-order valence-electron chi connectivity index (χ2n) is 2.20. The minimum Gasteiger partial charge on any atom is -0.457 e. The van der Waals surface area contributed by atoms with Crippen molar-refractivity contribution < 1.29 is 4.12 Å². The highest BCUT2D eigenvalue weighted by molar-refractivity contribution is 6.55. The van der Waals surface area contributed by atoms with Crippen molar-refractivity contribution in [3.8, 4) is 0 Å². The minimum atomic E-state index is -0.374. The lowest BCUT2D eigenvalue weighted by molar-refractivity contribution is 0.577. The summed E-state index contributed by atoms with van der Waals surface area (Å²) < 4.78 is 5.10. The minimum absolute atomic E-state index is 0.374. The van der Waals surface area contributed by atoms with Crippen molar-refractivity contribution in [1.29, 1.82) is 0 Å². The van der Waals surface area contributed by atoms with E-state index in [1.165, 1.54) is 31.4 Å². The molecule has 1 nitrogen and oxygen atoms in total. The standard InChI is InChI=1S/C5H10OSi2/c7-6-8-4-2-1-3-5-8/h1-5H2. The third-order valence-corrected chi connectivity index (χ3v) is 4.53. The SMILES string of the molecule is [Si]O[Si]1CCCCC1. The van der Waals surface area contributed by atoms with Gasteiger partial charge in [0.05, 0.1) is 0 Å². The monoisotopic (exact) mass is 142 g/mol. The largest absolute Gasteiger partial charge is 0.457 e. The van der Waals surface area contributed by atoms with Gasteiger partial charge in [0.15, 0.2) is 9.04 Å². The van der Waals surface area contributed by atoms with Gasteiger partial charge in [-0.2, -0.15) is 0 Å². The highest BCUT2D eigenvalue weighted by atomic mass is 28.3. The Morgan fingerprint density at radius 2 is 1.75 bits per heavy atom. The Balaban J connectivity index is 2.13. The molecule has 1 saturated heterocycles. The molecule has 0 aromatic carbocycles.